The van der Waals surface area contributed by atoms with E-state index in [-0.39, 0.29) is 18.4 Å². The quantitative estimate of drug-likeness (QED) is 0.656. The molecule has 0 saturated carbocycles. The number of carboxylic acid groups (broad SMARTS) is 1. The van der Waals surface area contributed by atoms with Gasteiger partial charge in [-0.25, -0.2) is 4.98 Å². The van der Waals surface area contributed by atoms with Crippen LogP contribution in [0.5, 0.6) is 0 Å². The third kappa shape index (κ3) is 5.83. The molecule has 0 saturated heterocycles. The van der Waals surface area contributed by atoms with Crippen LogP contribution in [-0.4, -0.2) is 22.0 Å². The number of carboxylic acids is 1. The Morgan fingerprint density at radius 2 is 1.88 bits per heavy atom. The molecule has 1 aromatic heterocycles. The standard InChI is InChI=1S/C18H21ClN2O3S/c1-11(20-15(22)5-3-4-6-16(23)24)17-12(2)21-18(25-17)13-7-9-14(19)10-8-13/h7-11H,3-6H2,1-2H3,(H,20,22)(H,23,24). The van der Waals surface area contributed by atoms with Crippen molar-refractivity contribution in [1.29, 1.82) is 0 Å². The lowest BCUT2D eigenvalue weighted by atomic mass is 10.1. The number of hydrogen-bond donors (Lipinski definition) is 2. The van der Waals surface area contributed by atoms with Crippen LogP contribution < -0.4 is 5.32 Å². The number of aryl methyl sites for hydroxylation is 1. The zero-order valence-electron chi connectivity index (χ0n) is 14.2. The second-order valence-electron chi connectivity index (χ2n) is 5.87. The summed E-state index contributed by atoms with van der Waals surface area (Å²) in [5.74, 6) is -0.900. The van der Waals surface area contributed by atoms with Crippen LogP contribution in [0.25, 0.3) is 10.6 Å². The molecule has 7 heteroatoms. The lowest BCUT2D eigenvalue weighted by Gasteiger charge is -2.12. The number of halogens is 1. The molecule has 1 unspecified atom stereocenters. The van der Waals surface area contributed by atoms with Crippen molar-refractivity contribution < 1.29 is 14.7 Å². The monoisotopic (exact) mass is 380 g/mol. The van der Waals surface area contributed by atoms with Crippen LogP contribution in [0, 0.1) is 6.92 Å². The molecular formula is C18H21ClN2O3S. The molecule has 25 heavy (non-hydrogen) atoms. The van der Waals surface area contributed by atoms with Crippen LogP contribution in [0.1, 0.15) is 49.2 Å². The maximum atomic E-state index is 12.0. The van der Waals surface area contributed by atoms with Crippen LogP contribution >= 0.6 is 22.9 Å². The van der Waals surface area contributed by atoms with Crippen molar-refractivity contribution in [2.45, 2.75) is 45.6 Å². The van der Waals surface area contributed by atoms with E-state index < -0.39 is 5.97 Å². The Labute approximate surface area is 156 Å². The summed E-state index contributed by atoms with van der Waals surface area (Å²) in [4.78, 5) is 28.1. The van der Waals surface area contributed by atoms with Gasteiger partial charge in [0.2, 0.25) is 5.91 Å². The topological polar surface area (TPSA) is 79.3 Å². The van der Waals surface area contributed by atoms with Gasteiger partial charge in [0.1, 0.15) is 5.01 Å². The zero-order valence-corrected chi connectivity index (χ0v) is 15.8. The number of aliphatic carboxylic acids is 1. The first-order valence-electron chi connectivity index (χ1n) is 8.11. The minimum Gasteiger partial charge on any atom is -0.481 e. The van der Waals surface area contributed by atoms with Crippen LogP contribution in [-0.2, 0) is 9.59 Å². The van der Waals surface area contributed by atoms with Gasteiger partial charge in [-0.05, 0) is 38.8 Å². The highest BCUT2D eigenvalue weighted by atomic mass is 35.5. The maximum absolute atomic E-state index is 12.0. The fraction of sp³-hybridized carbons (Fsp3) is 0.389. The van der Waals surface area contributed by atoms with E-state index in [1.165, 1.54) is 0 Å². The molecule has 0 aliphatic rings. The van der Waals surface area contributed by atoms with E-state index in [0.29, 0.717) is 24.3 Å². The number of carbonyl (C=O) groups excluding carboxylic acids is 1. The summed E-state index contributed by atoms with van der Waals surface area (Å²) in [6.45, 7) is 3.86. The Kier molecular flexibility index (Phi) is 6.96. The fourth-order valence-corrected chi connectivity index (χ4v) is 3.67. The number of carbonyl (C=O) groups is 2. The molecule has 0 fully saturated rings. The molecule has 0 radical (unpaired) electrons. The first-order valence-corrected chi connectivity index (χ1v) is 9.30. The van der Waals surface area contributed by atoms with Gasteiger partial charge < -0.3 is 10.4 Å². The normalized spacial score (nSPS) is 12.0. The van der Waals surface area contributed by atoms with E-state index in [2.05, 4.69) is 10.3 Å². The minimum absolute atomic E-state index is 0.0706. The number of amides is 1. The highest BCUT2D eigenvalue weighted by Gasteiger charge is 2.17. The summed E-state index contributed by atoms with van der Waals surface area (Å²) >= 11 is 7.47. The van der Waals surface area contributed by atoms with Crippen LogP contribution in [0.3, 0.4) is 0 Å². The van der Waals surface area contributed by atoms with Gasteiger partial charge in [-0.15, -0.1) is 11.3 Å². The molecule has 1 atom stereocenters. The number of aromatic nitrogens is 1. The first kappa shape index (κ1) is 19.4. The van der Waals surface area contributed by atoms with Crippen molar-refractivity contribution in [2.24, 2.45) is 0 Å². The molecule has 0 bridgehead atoms. The summed E-state index contributed by atoms with van der Waals surface area (Å²) in [6.07, 6.45) is 1.51. The van der Waals surface area contributed by atoms with Gasteiger partial charge in [0.05, 0.1) is 16.6 Å². The van der Waals surface area contributed by atoms with Crippen LogP contribution in [0.15, 0.2) is 24.3 Å². The third-order valence-electron chi connectivity index (χ3n) is 3.74. The van der Waals surface area contributed by atoms with Gasteiger partial charge >= 0.3 is 5.97 Å². The summed E-state index contributed by atoms with van der Waals surface area (Å²) < 4.78 is 0. The van der Waals surface area contributed by atoms with Gasteiger partial charge in [0.15, 0.2) is 0 Å². The number of unbranched alkanes of at least 4 members (excludes halogenated alkanes) is 1. The van der Waals surface area contributed by atoms with E-state index in [1.54, 1.807) is 11.3 Å². The molecule has 1 heterocycles. The summed E-state index contributed by atoms with van der Waals surface area (Å²) in [5.41, 5.74) is 1.89. The predicted octanol–water partition coefficient (Wildman–Crippen LogP) is 4.59. The molecule has 0 aliphatic heterocycles. The number of benzene rings is 1. The molecule has 1 amide bonds. The average Bonchev–Trinajstić information content (AvgIpc) is 2.94. The van der Waals surface area contributed by atoms with Crippen molar-refractivity contribution in [3.05, 3.63) is 39.9 Å². The zero-order chi connectivity index (χ0) is 18.4. The van der Waals surface area contributed by atoms with Crippen molar-refractivity contribution in [3.8, 4) is 10.6 Å². The van der Waals surface area contributed by atoms with E-state index in [0.717, 1.165) is 21.1 Å². The highest BCUT2D eigenvalue weighted by Crippen LogP contribution is 2.32. The number of thiazole rings is 1. The number of hydrogen-bond acceptors (Lipinski definition) is 4. The van der Waals surface area contributed by atoms with Gasteiger partial charge in [-0.1, -0.05) is 23.7 Å². The average molecular weight is 381 g/mol. The molecule has 0 spiro atoms. The first-order chi connectivity index (χ1) is 11.9. The summed E-state index contributed by atoms with van der Waals surface area (Å²) in [5, 5.41) is 13.1. The van der Waals surface area contributed by atoms with Gasteiger partial charge in [-0.2, -0.15) is 0 Å². The van der Waals surface area contributed by atoms with E-state index in [1.807, 2.05) is 38.1 Å². The highest BCUT2D eigenvalue weighted by molar-refractivity contribution is 7.15. The van der Waals surface area contributed by atoms with Crippen molar-refractivity contribution in [3.63, 3.8) is 0 Å². The Hall–Kier alpha value is -1.92. The number of rotatable bonds is 8. The number of nitrogens with zero attached hydrogens (tertiary/aromatic N) is 1. The van der Waals surface area contributed by atoms with Crippen LogP contribution in [0.2, 0.25) is 5.02 Å². The van der Waals surface area contributed by atoms with Crippen LogP contribution in [0.4, 0.5) is 0 Å². The number of nitrogens with one attached hydrogen (secondary N) is 1. The fourth-order valence-electron chi connectivity index (χ4n) is 2.47. The van der Waals surface area contributed by atoms with E-state index in [9.17, 15) is 9.59 Å². The predicted molar refractivity (Wildman–Crippen MR) is 100.0 cm³/mol. The molecule has 2 N–H and O–H groups in total. The third-order valence-corrected chi connectivity index (χ3v) is 5.38. The summed E-state index contributed by atoms with van der Waals surface area (Å²) in [6, 6.07) is 7.38. The molecule has 134 valence electrons. The van der Waals surface area contributed by atoms with E-state index in [4.69, 9.17) is 16.7 Å². The second kappa shape index (κ2) is 8.97. The van der Waals surface area contributed by atoms with E-state index >= 15 is 0 Å². The molecule has 1 aromatic carbocycles. The SMILES string of the molecule is Cc1nc(-c2ccc(Cl)cc2)sc1C(C)NC(=O)CCCCC(=O)O. The van der Waals surface area contributed by atoms with Crippen molar-refractivity contribution >= 4 is 34.8 Å². The molecule has 0 aliphatic carbocycles. The van der Waals surface area contributed by atoms with Gasteiger partial charge in [0, 0.05) is 23.4 Å². The molecule has 2 rings (SSSR count). The Bertz CT molecular complexity index is 743. The second-order valence-corrected chi connectivity index (χ2v) is 7.33. The lowest BCUT2D eigenvalue weighted by Crippen LogP contribution is -2.26. The Morgan fingerprint density at radius 3 is 2.52 bits per heavy atom. The summed E-state index contributed by atoms with van der Waals surface area (Å²) in [7, 11) is 0. The minimum atomic E-state index is -0.830. The molecule has 5 nitrogen and oxygen atoms in total. The Morgan fingerprint density at radius 1 is 1.24 bits per heavy atom. The largest absolute Gasteiger partial charge is 0.481 e. The molecule has 2 aromatic rings. The smallest absolute Gasteiger partial charge is 0.303 e. The van der Waals surface area contributed by atoms with Crippen molar-refractivity contribution in [1.82, 2.24) is 10.3 Å². The van der Waals surface area contributed by atoms with Gasteiger partial charge in [0.25, 0.3) is 0 Å². The lowest BCUT2D eigenvalue weighted by molar-refractivity contribution is -0.137. The van der Waals surface area contributed by atoms with Crippen molar-refractivity contribution in [2.75, 3.05) is 0 Å². The Balaban J connectivity index is 1.95. The van der Waals surface area contributed by atoms with Gasteiger partial charge in [-0.3, -0.25) is 9.59 Å². The molecular weight excluding hydrogens is 360 g/mol. The maximum Gasteiger partial charge on any atom is 0.303 e.